The van der Waals surface area contributed by atoms with Crippen molar-refractivity contribution >= 4 is 32.9 Å². The van der Waals surface area contributed by atoms with Crippen LogP contribution < -0.4 is 0 Å². The number of halogens is 1. The van der Waals surface area contributed by atoms with Crippen LogP contribution in [0, 0.1) is 11.3 Å². The third-order valence-electron chi connectivity index (χ3n) is 3.25. The van der Waals surface area contributed by atoms with Crippen molar-refractivity contribution in [2.24, 2.45) is 0 Å². The fourth-order valence-electron chi connectivity index (χ4n) is 2.37. The molecule has 2 aromatic rings. The van der Waals surface area contributed by atoms with Crippen molar-refractivity contribution in [2.75, 3.05) is 0 Å². The van der Waals surface area contributed by atoms with Gasteiger partial charge in [0.1, 0.15) is 6.07 Å². The summed E-state index contributed by atoms with van der Waals surface area (Å²) in [5, 5.41) is 9.44. The van der Waals surface area contributed by atoms with Crippen LogP contribution in [0.25, 0.3) is 11.1 Å². The Balaban J connectivity index is 2.28. The molecule has 1 aliphatic rings. The Hall–Kier alpha value is -2.25. The molecule has 0 unspecified atom stereocenters. The highest BCUT2D eigenvalue weighted by Crippen LogP contribution is 2.36. The van der Waals surface area contributed by atoms with Crippen LogP contribution in [0.2, 0.25) is 0 Å². The number of nitriles is 1. The first-order valence-corrected chi connectivity index (χ1v) is 6.88. The lowest BCUT2D eigenvalue weighted by molar-refractivity contribution is -0.112. The Kier molecular flexibility index (Phi) is 3.21. The normalized spacial score (nSPS) is 15.7. The highest BCUT2D eigenvalue weighted by molar-refractivity contribution is 9.10. The van der Waals surface area contributed by atoms with Crippen molar-refractivity contribution in [1.82, 2.24) is 4.98 Å². The van der Waals surface area contributed by atoms with Gasteiger partial charge in [-0.3, -0.25) is 9.78 Å². The number of carbonyl (C=O) groups is 1. The Bertz CT molecular complexity index is 773. The van der Waals surface area contributed by atoms with Crippen molar-refractivity contribution in [3.63, 3.8) is 0 Å². The van der Waals surface area contributed by atoms with E-state index in [0.717, 1.165) is 15.6 Å². The minimum absolute atomic E-state index is 0.0275. The Labute approximate surface area is 124 Å². The zero-order valence-electron chi connectivity index (χ0n) is 10.4. The number of rotatable bonds is 1. The van der Waals surface area contributed by atoms with E-state index in [9.17, 15) is 10.1 Å². The van der Waals surface area contributed by atoms with Crippen LogP contribution in [0.15, 0.2) is 47.1 Å². The molecule has 0 N–H and O–H groups in total. The molecule has 3 rings (SSSR count). The fourth-order valence-corrected chi connectivity index (χ4v) is 2.73. The molecule has 0 saturated heterocycles. The third kappa shape index (κ3) is 2.06. The van der Waals surface area contributed by atoms with Crippen molar-refractivity contribution in [1.29, 1.82) is 5.26 Å². The first-order chi connectivity index (χ1) is 9.70. The standard InChI is InChI=1S/C16H9BrN2O/c17-11-5-4-10-7-15(20)16(12(10)8-11)13(9-18)14-3-1-2-6-19-14/h1-6,8H,7H2/b16-13-. The molecule has 0 radical (unpaired) electrons. The molecule has 0 spiro atoms. The number of nitrogens with zero attached hydrogens (tertiary/aromatic N) is 2. The molecular formula is C16H9BrN2O. The minimum Gasteiger partial charge on any atom is -0.294 e. The van der Waals surface area contributed by atoms with E-state index in [0.29, 0.717) is 23.3 Å². The topological polar surface area (TPSA) is 53.8 Å². The number of fused-ring (bicyclic) bond motifs is 1. The van der Waals surface area contributed by atoms with Crippen molar-refractivity contribution < 1.29 is 4.79 Å². The zero-order chi connectivity index (χ0) is 14.1. The molecular weight excluding hydrogens is 316 g/mol. The molecule has 0 fully saturated rings. The van der Waals surface area contributed by atoms with Gasteiger partial charge >= 0.3 is 0 Å². The highest BCUT2D eigenvalue weighted by Gasteiger charge is 2.28. The van der Waals surface area contributed by atoms with Crippen LogP contribution in [0.3, 0.4) is 0 Å². The lowest BCUT2D eigenvalue weighted by Gasteiger charge is -2.04. The van der Waals surface area contributed by atoms with Crippen LogP contribution in [0.1, 0.15) is 16.8 Å². The smallest absolute Gasteiger partial charge is 0.169 e. The quantitative estimate of drug-likeness (QED) is 0.596. The minimum atomic E-state index is -0.0275. The Morgan fingerprint density at radius 3 is 2.85 bits per heavy atom. The van der Waals surface area contributed by atoms with Crippen LogP contribution in [0.4, 0.5) is 0 Å². The number of pyridine rings is 1. The maximum Gasteiger partial charge on any atom is 0.169 e. The molecule has 96 valence electrons. The number of carbonyl (C=O) groups excluding carboxylic acids is 1. The number of aromatic nitrogens is 1. The van der Waals surface area contributed by atoms with Gasteiger partial charge in [0.25, 0.3) is 0 Å². The molecule has 0 aliphatic heterocycles. The van der Waals surface area contributed by atoms with E-state index >= 15 is 0 Å². The summed E-state index contributed by atoms with van der Waals surface area (Å²) < 4.78 is 0.891. The second-order valence-electron chi connectivity index (χ2n) is 4.48. The monoisotopic (exact) mass is 324 g/mol. The molecule has 0 amide bonds. The average Bonchev–Trinajstić information content (AvgIpc) is 2.77. The van der Waals surface area contributed by atoms with E-state index in [1.807, 2.05) is 24.3 Å². The van der Waals surface area contributed by atoms with Gasteiger partial charge in [-0.05, 0) is 35.4 Å². The summed E-state index contributed by atoms with van der Waals surface area (Å²) in [6, 6.07) is 13.2. The van der Waals surface area contributed by atoms with Crippen LogP contribution in [-0.4, -0.2) is 10.8 Å². The first-order valence-electron chi connectivity index (χ1n) is 6.08. The van der Waals surface area contributed by atoms with E-state index in [4.69, 9.17) is 0 Å². The van der Waals surface area contributed by atoms with E-state index in [1.165, 1.54) is 0 Å². The van der Waals surface area contributed by atoms with Gasteiger partial charge in [0.2, 0.25) is 0 Å². The zero-order valence-corrected chi connectivity index (χ0v) is 12.0. The van der Waals surface area contributed by atoms with Gasteiger partial charge in [-0.2, -0.15) is 5.26 Å². The average molecular weight is 325 g/mol. The molecule has 1 aromatic carbocycles. The van der Waals surface area contributed by atoms with E-state index in [-0.39, 0.29) is 5.78 Å². The Morgan fingerprint density at radius 2 is 2.15 bits per heavy atom. The van der Waals surface area contributed by atoms with Crippen molar-refractivity contribution in [3.05, 3.63) is 63.9 Å². The summed E-state index contributed by atoms with van der Waals surface area (Å²) in [6.45, 7) is 0. The number of hydrogen-bond donors (Lipinski definition) is 0. The molecule has 1 heterocycles. The van der Waals surface area contributed by atoms with Gasteiger partial charge in [0.05, 0.1) is 11.3 Å². The maximum atomic E-state index is 12.3. The lowest BCUT2D eigenvalue weighted by Crippen LogP contribution is -1.99. The summed E-state index contributed by atoms with van der Waals surface area (Å²) in [5.74, 6) is -0.0275. The predicted molar refractivity (Wildman–Crippen MR) is 79.5 cm³/mol. The molecule has 1 aliphatic carbocycles. The van der Waals surface area contributed by atoms with Gasteiger partial charge < -0.3 is 0 Å². The number of ketones is 1. The van der Waals surface area contributed by atoms with Crippen LogP contribution in [0.5, 0.6) is 0 Å². The van der Waals surface area contributed by atoms with Gasteiger partial charge in [-0.1, -0.05) is 28.1 Å². The van der Waals surface area contributed by atoms with Gasteiger partial charge in [-0.25, -0.2) is 0 Å². The van der Waals surface area contributed by atoms with E-state index < -0.39 is 0 Å². The predicted octanol–water partition coefficient (Wildman–Crippen LogP) is 3.40. The third-order valence-corrected chi connectivity index (χ3v) is 3.75. The molecule has 0 saturated carbocycles. The Morgan fingerprint density at radius 1 is 1.30 bits per heavy atom. The summed E-state index contributed by atoms with van der Waals surface area (Å²) in [6.07, 6.45) is 1.96. The van der Waals surface area contributed by atoms with Crippen molar-refractivity contribution in [3.8, 4) is 6.07 Å². The van der Waals surface area contributed by atoms with Crippen LogP contribution >= 0.6 is 15.9 Å². The number of hydrogen-bond acceptors (Lipinski definition) is 3. The van der Waals surface area contributed by atoms with E-state index in [1.54, 1.807) is 18.3 Å². The first kappa shape index (κ1) is 12.8. The SMILES string of the molecule is N#C/C(=C1/C(=O)Cc2ccc(Br)cc21)c1ccccn1. The molecule has 0 atom stereocenters. The number of benzene rings is 1. The lowest BCUT2D eigenvalue weighted by atomic mass is 9.99. The summed E-state index contributed by atoms with van der Waals surface area (Å²) in [4.78, 5) is 16.4. The molecule has 0 bridgehead atoms. The van der Waals surface area contributed by atoms with Gasteiger partial charge in [0.15, 0.2) is 5.78 Å². The molecule has 3 nitrogen and oxygen atoms in total. The number of allylic oxidation sites excluding steroid dienone is 2. The number of Topliss-reactive ketones (excluding diaryl/α,β-unsaturated/α-hetero) is 1. The second-order valence-corrected chi connectivity index (χ2v) is 5.39. The van der Waals surface area contributed by atoms with E-state index in [2.05, 4.69) is 27.0 Å². The highest BCUT2D eigenvalue weighted by atomic mass is 79.9. The van der Waals surface area contributed by atoms with Crippen LogP contribution in [-0.2, 0) is 11.2 Å². The fraction of sp³-hybridized carbons (Fsp3) is 0.0625. The van der Waals surface area contributed by atoms with Gasteiger partial charge in [0, 0.05) is 22.7 Å². The largest absolute Gasteiger partial charge is 0.294 e. The molecule has 4 heteroatoms. The summed E-state index contributed by atoms with van der Waals surface area (Å²) in [7, 11) is 0. The van der Waals surface area contributed by atoms with Gasteiger partial charge in [-0.15, -0.1) is 0 Å². The maximum absolute atomic E-state index is 12.3. The molecule has 20 heavy (non-hydrogen) atoms. The molecule has 1 aromatic heterocycles. The summed E-state index contributed by atoms with van der Waals surface area (Å²) in [5.41, 5.74) is 3.13. The summed E-state index contributed by atoms with van der Waals surface area (Å²) >= 11 is 3.41. The van der Waals surface area contributed by atoms with Crippen molar-refractivity contribution in [2.45, 2.75) is 6.42 Å². The second kappa shape index (κ2) is 5.03.